The normalized spacial score (nSPS) is 36.6. The van der Waals surface area contributed by atoms with Crippen molar-refractivity contribution >= 4 is 0 Å². The van der Waals surface area contributed by atoms with Gasteiger partial charge in [-0.25, -0.2) is 0 Å². The van der Waals surface area contributed by atoms with Crippen LogP contribution >= 0.6 is 0 Å². The molecule has 4 unspecified atom stereocenters. The Morgan fingerprint density at radius 3 is 2.67 bits per heavy atom. The molecule has 3 aliphatic rings. The van der Waals surface area contributed by atoms with Crippen molar-refractivity contribution in [2.45, 2.75) is 50.6 Å². The molecule has 2 aliphatic carbocycles. The average molecular weight is 284 g/mol. The summed E-state index contributed by atoms with van der Waals surface area (Å²) < 4.78 is 0. The average Bonchev–Trinajstić information content (AvgIpc) is 3.26. The van der Waals surface area contributed by atoms with E-state index in [0.29, 0.717) is 0 Å². The summed E-state index contributed by atoms with van der Waals surface area (Å²) >= 11 is 0. The summed E-state index contributed by atoms with van der Waals surface area (Å²) in [6.45, 7) is 6.36. The van der Waals surface area contributed by atoms with E-state index < -0.39 is 0 Å². The lowest BCUT2D eigenvalue weighted by Crippen LogP contribution is -2.49. The maximum atomic E-state index is 3.86. The summed E-state index contributed by atoms with van der Waals surface area (Å²) in [6.07, 6.45) is 5.65. The second kappa shape index (κ2) is 5.73. The predicted octanol–water partition coefficient (Wildman–Crippen LogP) is 3.25. The fourth-order valence-electron chi connectivity index (χ4n) is 4.32. The van der Waals surface area contributed by atoms with Gasteiger partial charge in [-0.1, -0.05) is 37.3 Å². The molecular weight excluding hydrogens is 256 g/mol. The van der Waals surface area contributed by atoms with Gasteiger partial charge >= 0.3 is 0 Å². The molecule has 1 aromatic carbocycles. The Bertz CT molecular complexity index is 468. The lowest BCUT2D eigenvalue weighted by Gasteiger charge is -2.44. The third kappa shape index (κ3) is 2.89. The van der Waals surface area contributed by atoms with Crippen molar-refractivity contribution in [3.63, 3.8) is 0 Å². The summed E-state index contributed by atoms with van der Waals surface area (Å²) in [5, 5.41) is 3.86. The minimum atomic E-state index is 0.741. The first-order valence-electron chi connectivity index (χ1n) is 8.83. The summed E-state index contributed by atoms with van der Waals surface area (Å²) in [5.74, 6) is 2.46. The van der Waals surface area contributed by atoms with Gasteiger partial charge in [-0.05, 0) is 62.1 Å². The molecule has 0 radical (unpaired) electrons. The van der Waals surface area contributed by atoms with Crippen molar-refractivity contribution in [3.05, 3.63) is 35.9 Å². The van der Waals surface area contributed by atoms with Crippen LogP contribution in [0.4, 0.5) is 0 Å². The molecule has 1 aromatic rings. The molecular formula is C19H28N2. The fourth-order valence-corrected chi connectivity index (χ4v) is 4.32. The van der Waals surface area contributed by atoms with Crippen LogP contribution in [0.1, 0.15) is 44.1 Å². The fraction of sp³-hybridized carbons (Fsp3) is 0.684. The third-order valence-corrected chi connectivity index (χ3v) is 6.05. The largest absolute Gasteiger partial charge is 0.313 e. The number of benzene rings is 1. The van der Waals surface area contributed by atoms with Crippen LogP contribution in [-0.4, -0.2) is 36.6 Å². The minimum absolute atomic E-state index is 0.741. The van der Waals surface area contributed by atoms with Gasteiger partial charge in [0, 0.05) is 18.6 Å². The third-order valence-electron chi connectivity index (χ3n) is 6.05. The minimum Gasteiger partial charge on any atom is -0.313 e. The summed E-state index contributed by atoms with van der Waals surface area (Å²) in [7, 11) is 0. The second-order valence-electron chi connectivity index (χ2n) is 7.51. The molecule has 2 nitrogen and oxygen atoms in total. The maximum absolute atomic E-state index is 3.86. The quantitative estimate of drug-likeness (QED) is 0.893. The van der Waals surface area contributed by atoms with Crippen LogP contribution in [0.25, 0.3) is 0 Å². The molecule has 21 heavy (non-hydrogen) atoms. The van der Waals surface area contributed by atoms with Gasteiger partial charge in [0.15, 0.2) is 0 Å². The Hall–Kier alpha value is -0.860. The molecule has 0 aromatic heterocycles. The Morgan fingerprint density at radius 1 is 1.14 bits per heavy atom. The number of nitrogens with one attached hydrogen (secondary N) is 1. The molecule has 1 saturated heterocycles. The number of likely N-dealkylation sites (tertiary alicyclic amines) is 1. The monoisotopic (exact) mass is 284 g/mol. The van der Waals surface area contributed by atoms with E-state index in [1.165, 1.54) is 50.9 Å². The number of hydrogen-bond donors (Lipinski definition) is 1. The van der Waals surface area contributed by atoms with Crippen LogP contribution in [0.5, 0.6) is 0 Å². The first-order chi connectivity index (χ1) is 10.3. The summed E-state index contributed by atoms with van der Waals surface area (Å²) in [5.41, 5.74) is 1.53. The van der Waals surface area contributed by atoms with E-state index >= 15 is 0 Å². The van der Waals surface area contributed by atoms with Crippen molar-refractivity contribution in [1.29, 1.82) is 0 Å². The molecule has 2 saturated carbocycles. The molecule has 4 rings (SSSR count). The highest BCUT2D eigenvalue weighted by Crippen LogP contribution is 2.42. The van der Waals surface area contributed by atoms with Gasteiger partial charge in [-0.15, -0.1) is 0 Å². The van der Waals surface area contributed by atoms with E-state index in [4.69, 9.17) is 0 Å². The highest BCUT2D eigenvalue weighted by molar-refractivity contribution is 5.24. The molecule has 2 heteroatoms. The summed E-state index contributed by atoms with van der Waals surface area (Å²) in [6, 6.07) is 12.8. The van der Waals surface area contributed by atoms with Crippen molar-refractivity contribution in [3.8, 4) is 0 Å². The van der Waals surface area contributed by atoms with E-state index in [1.807, 2.05) is 0 Å². The van der Waals surface area contributed by atoms with Gasteiger partial charge < -0.3 is 10.2 Å². The number of hydrogen-bond acceptors (Lipinski definition) is 2. The molecule has 1 heterocycles. The van der Waals surface area contributed by atoms with Crippen molar-refractivity contribution in [2.75, 3.05) is 19.6 Å². The van der Waals surface area contributed by atoms with Crippen LogP contribution < -0.4 is 5.32 Å². The van der Waals surface area contributed by atoms with Gasteiger partial charge in [-0.3, -0.25) is 0 Å². The van der Waals surface area contributed by atoms with Crippen LogP contribution in [0.2, 0.25) is 0 Å². The molecule has 3 fully saturated rings. The van der Waals surface area contributed by atoms with Gasteiger partial charge in [0.05, 0.1) is 0 Å². The molecule has 0 bridgehead atoms. The Labute approximate surface area is 128 Å². The van der Waals surface area contributed by atoms with E-state index in [1.54, 1.807) is 0 Å². The zero-order valence-corrected chi connectivity index (χ0v) is 13.2. The van der Waals surface area contributed by atoms with E-state index in [-0.39, 0.29) is 0 Å². The van der Waals surface area contributed by atoms with Gasteiger partial charge in [0.2, 0.25) is 0 Å². The van der Waals surface area contributed by atoms with Crippen LogP contribution in [0.3, 0.4) is 0 Å². The molecule has 0 amide bonds. The topological polar surface area (TPSA) is 15.3 Å². The Kier molecular flexibility index (Phi) is 3.76. The zero-order valence-electron chi connectivity index (χ0n) is 13.2. The standard InChI is InChI=1S/C19H28N2/c1-14-18(16-5-3-2-4-6-16)11-19(14)20-12-15-9-10-21(13-15)17-7-8-17/h2-6,14-15,17-20H,7-13H2,1H3. The van der Waals surface area contributed by atoms with Crippen molar-refractivity contribution in [2.24, 2.45) is 11.8 Å². The molecule has 0 spiro atoms. The Morgan fingerprint density at radius 2 is 1.95 bits per heavy atom. The first-order valence-corrected chi connectivity index (χ1v) is 8.83. The van der Waals surface area contributed by atoms with Crippen molar-refractivity contribution < 1.29 is 0 Å². The molecule has 1 N–H and O–H groups in total. The highest BCUT2D eigenvalue weighted by Gasteiger charge is 2.39. The van der Waals surface area contributed by atoms with E-state index in [0.717, 1.165) is 29.8 Å². The highest BCUT2D eigenvalue weighted by atomic mass is 15.2. The zero-order chi connectivity index (χ0) is 14.2. The van der Waals surface area contributed by atoms with Gasteiger partial charge in [-0.2, -0.15) is 0 Å². The van der Waals surface area contributed by atoms with Gasteiger partial charge in [0.25, 0.3) is 0 Å². The first kappa shape index (κ1) is 13.8. The van der Waals surface area contributed by atoms with Crippen LogP contribution in [0.15, 0.2) is 30.3 Å². The van der Waals surface area contributed by atoms with Crippen LogP contribution in [-0.2, 0) is 0 Å². The lowest BCUT2D eigenvalue weighted by atomic mass is 9.67. The summed E-state index contributed by atoms with van der Waals surface area (Å²) in [4.78, 5) is 2.73. The SMILES string of the molecule is CC1C(NCC2CCN(C3CC3)C2)CC1c1ccccc1. The number of rotatable bonds is 5. The smallest absolute Gasteiger partial charge is 0.0105 e. The number of nitrogens with zero attached hydrogens (tertiary/aromatic N) is 1. The van der Waals surface area contributed by atoms with E-state index in [2.05, 4.69) is 47.5 Å². The maximum Gasteiger partial charge on any atom is 0.0105 e. The van der Waals surface area contributed by atoms with Crippen LogP contribution in [0, 0.1) is 11.8 Å². The molecule has 114 valence electrons. The van der Waals surface area contributed by atoms with E-state index in [9.17, 15) is 0 Å². The lowest BCUT2D eigenvalue weighted by molar-refractivity contribution is 0.177. The predicted molar refractivity (Wildman–Crippen MR) is 87.5 cm³/mol. The van der Waals surface area contributed by atoms with Crippen molar-refractivity contribution in [1.82, 2.24) is 10.2 Å². The molecule has 4 atom stereocenters. The van der Waals surface area contributed by atoms with Gasteiger partial charge in [0.1, 0.15) is 0 Å². The second-order valence-corrected chi connectivity index (χ2v) is 7.51. The Balaban J connectivity index is 1.22. The molecule has 1 aliphatic heterocycles.